The maximum absolute atomic E-state index is 5.72. The summed E-state index contributed by atoms with van der Waals surface area (Å²) >= 11 is 0. The molecule has 1 aromatic rings. The summed E-state index contributed by atoms with van der Waals surface area (Å²) < 4.78 is 11.4. The van der Waals surface area contributed by atoms with Gasteiger partial charge in [0.15, 0.2) is 0 Å². The first-order chi connectivity index (χ1) is 8.87. The van der Waals surface area contributed by atoms with Gasteiger partial charge in [-0.2, -0.15) is 0 Å². The van der Waals surface area contributed by atoms with Crippen LogP contribution in [0.4, 0.5) is 0 Å². The van der Waals surface area contributed by atoms with Crippen LogP contribution in [-0.2, 0) is 0 Å². The molecule has 0 heterocycles. The topological polar surface area (TPSA) is 18.5 Å². The monoisotopic (exact) mass is 264 g/mol. The van der Waals surface area contributed by atoms with Gasteiger partial charge in [-0.1, -0.05) is 34.6 Å². The third-order valence-corrected chi connectivity index (χ3v) is 2.91. The minimum atomic E-state index is 0.319. The van der Waals surface area contributed by atoms with E-state index in [1.165, 1.54) is 0 Å². The summed E-state index contributed by atoms with van der Waals surface area (Å²) in [6.07, 6.45) is 2.14. The molecule has 0 unspecified atom stereocenters. The van der Waals surface area contributed by atoms with Crippen LogP contribution in [0.15, 0.2) is 24.3 Å². The molecule has 1 aromatic carbocycles. The van der Waals surface area contributed by atoms with Crippen LogP contribution in [0.3, 0.4) is 0 Å². The van der Waals surface area contributed by atoms with Gasteiger partial charge in [0.2, 0.25) is 0 Å². The molecule has 0 atom stereocenters. The standard InChI is InChI=1S/C17H28O2/c1-14(2)10-12-18-15-6-8-16(9-7-15)19-13-11-17(3,4)5/h6-9,14H,10-13H2,1-5H3. The van der Waals surface area contributed by atoms with Crippen LogP contribution in [-0.4, -0.2) is 13.2 Å². The average molecular weight is 264 g/mol. The molecule has 108 valence electrons. The maximum Gasteiger partial charge on any atom is 0.119 e. The number of hydrogen-bond donors (Lipinski definition) is 0. The van der Waals surface area contributed by atoms with Crippen LogP contribution in [0.25, 0.3) is 0 Å². The highest BCUT2D eigenvalue weighted by atomic mass is 16.5. The summed E-state index contributed by atoms with van der Waals surface area (Å²) in [6.45, 7) is 12.6. The third kappa shape index (κ3) is 7.76. The second-order valence-electron chi connectivity index (χ2n) is 6.66. The summed E-state index contributed by atoms with van der Waals surface area (Å²) in [7, 11) is 0. The van der Waals surface area contributed by atoms with Gasteiger partial charge in [-0.15, -0.1) is 0 Å². The van der Waals surface area contributed by atoms with Gasteiger partial charge >= 0.3 is 0 Å². The number of benzene rings is 1. The summed E-state index contributed by atoms with van der Waals surface area (Å²) in [5.74, 6) is 2.52. The second kappa shape index (κ2) is 7.42. The van der Waals surface area contributed by atoms with E-state index in [1.54, 1.807) is 0 Å². The lowest BCUT2D eigenvalue weighted by Gasteiger charge is -2.18. The first-order valence-corrected chi connectivity index (χ1v) is 7.22. The molecule has 0 aliphatic heterocycles. The molecule has 0 fully saturated rings. The fourth-order valence-electron chi connectivity index (χ4n) is 1.52. The van der Waals surface area contributed by atoms with Gasteiger partial charge in [-0.3, -0.25) is 0 Å². The Bertz CT molecular complexity index is 347. The predicted octanol–water partition coefficient (Wildman–Crippen LogP) is 4.93. The van der Waals surface area contributed by atoms with E-state index in [-0.39, 0.29) is 0 Å². The van der Waals surface area contributed by atoms with Crippen molar-refractivity contribution in [2.45, 2.75) is 47.5 Å². The Balaban J connectivity index is 2.31. The lowest BCUT2D eigenvalue weighted by molar-refractivity contribution is 0.242. The van der Waals surface area contributed by atoms with Crippen molar-refractivity contribution in [3.05, 3.63) is 24.3 Å². The van der Waals surface area contributed by atoms with E-state index in [2.05, 4.69) is 34.6 Å². The van der Waals surface area contributed by atoms with E-state index in [4.69, 9.17) is 9.47 Å². The zero-order valence-corrected chi connectivity index (χ0v) is 13.0. The Morgan fingerprint density at radius 2 is 1.37 bits per heavy atom. The van der Waals surface area contributed by atoms with Gasteiger partial charge in [-0.05, 0) is 48.4 Å². The van der Waals surface area contributed by atoms with Crippen molar-refractivity contribution in [1.82, 2.24) is 0 Å². The minimum Gasteiger partial charge on any atom is -0.494 e. The fraction of sp³-hybridized carbons (Fsp3) is 0.647. The Morgan fingerprint density at radius 3 is 1.79 bits per heavy atom. The van der Waals surface area contributed by atoms with Crippen LogP contribution in [0.1, 0.15) is 47.5 Å². The Kier molecular flexibility index (Phi) is 6.20. The van der Waals surface area contributed by atoms with Gasteiger partial charge in [0.1, 0.15) is 11.5 Å². The van der Waals surface area contributed by atoms with Gasteiger partial charge in [0.25, 0.3) is 0 Å². The molecule has 19 heavy (non-hydrogen) atoms. The first-order valence-electron chi connectivity index (χ1n) is 7.22. The Morgan fingerprint density at radius 1 is 0.895 bits per heavy atom. The van der Waals surface area contributed by atoms with Crippen molar-refractivity contribution in [1.29, 1.82) is 0 Å². The quantitative estimate of drug-likeness (QED) is 0.695. The molecule has 0 N–H and O–H groups in total. The molecule has 0 saturated heterocycles. The van der Waals surface area contributed by atoms with Crippen LogP contribution >= 0.6 is 0 Å². The van der Waals surface area contributed by atoms with E-state index >= 15 is 0 Å². The molecule has 2 heteroatoms. The molecule has 0 aliphatic rings. The molecule has 0 saturated carbocycles. The average Bonchev–Trinajstić information content (AvgIpc) is 2.29. The SMILES string of the molecule is CC(C)CCOc1ccc(OCCC(C)(C)C)cc1. The second-order valence-corrected chi connectivity index (χ2v) is 6.66. The van der Waals surface area contributed by atoms with E-state index in [1.807, 2.05) is 24.3 Å². The van der Waals surface area contributed by atoms with Gasteiger partial charge in [0, 0.05) is 0 Å². The highest BCUT2D eigenvalue weighted by molar-refractivity contribution is 5.31. The van der Waals surface area contributed by atoms with Crippen molar-refractivity contribution in [2.24, 2.45) is 11.3 Å². The van der Waals surface area contributed by atoms with Crippen LogP contribution < -0.4 is 9.47 Å². The maximum atomic E-state index is 5.72. The zero-order chi connectivity index (χ0) is 14.3. The summed E-state index contributed by atoms with van der Waals surface area (Å²) in [5, 5.41) is 0. The minimum absolute atomic E-state index is 0.319. The lowest BCUT2D eigenvalue weighted by atomic mass is 9.93. The molecule has 0 aliphatic carbocycles. The normalized spacial score (nSPS) is 11.7. The van der Waals surface area contributed by atoms with Crippen molar-refractivity contribution in [2.75, 3.05) is 13.2 Å². The van der Waals surface area contributed by atoms with Crippen LogP contribution in [0.2, 0.25) is 0 Å². The summed E-state index contributed by atoms with van der Waals surface area (Å²) in [6, 6.07) is 7.92. The van der Waals surface area contributed by atoms with E-state index in [0.29, 0.717) is 11.3 Å². The molecule has 2 nitrogen and oxygen atoms in total. The molecule has 0 radical (unpaired) electrons. The van der Waals surface area contributed by atoms with Crippen LogP contribution in [0.5, 0.6) is 11.5 Å². The first kappa shape index (κ1) is 15.9. The molecular weight excluding hydrogens is 236 g/mol. The van der Waals surface area contributed by atoms with Crippen molar-refractivity contribution < 1.29 is 9.47 Å². The smallest absolute Gasteiger partial charge is 0.119 e. The van der Waals surface area contributed by atoms with Crippen LogP contribution in [0, 0.1) is 11.3 Å². The lowest BCUT2D eigenvalue weighted by Crippen LogP contribution is -2.11. The summed E-state index contributed by atoms with van der Waals surface area (Å²) in [5.41, 5.74) is 0.319. The Labute approximate surface area is 118 Å². The molecule has 0 bridgehead atoms. The third-order valence-electron chi connectivity index (χ3n) is 2.91. The van der Waals surface area contributed by atoms with Gasteiger partial charge in [0.05, 0.1) is 13.2 Å². The zero-order valence-electron chi connectivity index (χ0n) is 13.0. The molecule has 0 spiro atoms. The number of rotatable bonds is 7. The highest BCUT2D eigenvalue weighted by Crippen LogP contribution is 2.21. The van der Waals surface area contributed by atoms with Crippen molar-refractivity contribution in [3.8, 4) is 11.5 Å². The van der Waals surface area contributed by atoms with E-state index in [0.717, 1.165) is 37.6 Å². The molecule has 0 aromatic heterocycles. The molecular formula is C17H28O2. The Hall–Kier alpha value is -1.18. The van der Waals surface area contributed by atoms with Crippen molar-refractivity contribution in [3.63, 3.8) is 0 Å². The fourth-order valence-corrected chi connectivity index (χ4v) is 1.52. The van der Waals surface area contributed by atoms with Gasteiger partial charge < -0.3 is 9.47 Å². The predicted molar refractivity (Wildman–Crippen MR) is 81.0 cm³/mol. The van der Waals surface area contributed by atoms with Gasteiger partial charge in [-0.25, -0.2) is 0 Å². The molecule has 1 rings (SSSR count). The largest absolute Gasteiger partial charge is 0.494 e. The number of hydrogen-bond acceptors (Lipinski definition) is 2. The summed E-state index contributed by atoms with van der Waals surface area (Å²) in [4.78, 5) is 0. The van der Waals surface area contributed by atoms with E-state index < -0.39 is 0 Å². The molecule has 0 amide bonds. The number of ether oxygens (including phenoxy) is 2. The highest BCUT2D eigenvalue weighted by Gasteiger charge is 2.09. The van der Waals surface area contributed by atoms with Crippen molar-refractivity contribution >= 4 is 0 Å². The van der Waals surface area contributed by atoms with E-state index in [9.17, 15) is 0 Å².